The molecule has 0 radical (unpaired) electrons. The van der Waals surface area contributed by atoms with Crippen molar-refractivity contribution >= 4 is 34.9 Å². The molecule has 2 amide bonds. The van der Waals surface area contributed by atoms with Gasteiger partial charge in [0.1, 0.15) is 12.3 Å². The molecule has 0 atom stereocenters. The van der Waals surface area contributed by atoms with Crippen LogP contribution in [0, 0.1) is 0 Å². The van der Waals surface area contributed by atoms with Crippen LogP contribution in [-0.4, -0.2) is 40.5 Å². The van der Waals surface area contributed by atoms with Gasteiger partial charge in [-0.3, -0.25) is 9.59 Å². The summed E-state index contributed by atoms with van der Waals surface area (Å²) in [5.74, 6) is -0.339. The van der Waals surface area contributed by atoms with Crippen LogP contribution in [-0.2, 0) is 17.8 Å². The Morgan fingerprint density at radius 3 is 2.67 bits per heavy atom. The van der Waals surface area contributed by atoms with E-state index >= 15 is 0 Å². The summed E-state index contributed by atoms with van der Waals surface area (Å²) in [4.78, 5) is 24.6. The maximum absolute atomic E-state index is 12.3. The number of methoxy groups -OCH3 is 1. The molecule has 0 aliphatic carbocycles. The minimum absolute atomic E-state index is 0.00937. The molecule has 156 valence electrons. The van der Waals surface area contributed by atoms with Crippen LogP contribution in [0.15, 0.2) is 48.5 Å². The number of benzene rings is 2. The molecular weight excluding hydrogens is 408 g/mol. The first-order valence-corrected chi connectivity index (χ1v) is 9.50. The topological polar surface area (TPSA) is 124 Å². The number of nitrogens with two attached hydrogens (primary N) is 1. The third-order valence-corrected chi connectivity index (χ3v) is 4.55. The van der Waals surface area contributed by atoms with E-state index in [1.54, 1.807) is 18.2 Å². The Bertz CT molecular complexity index is 1040. The lowest BCUT2D eigenvalue weighted by molar-refractivity contribution is -0.116. The number of nitrogens with zero attached hydrogens (tertiary/aromatic N) is 3. The van der Waals surface area contributed by atoms with Crippen molar-refractivity contribution in [3.8, 4) is 5.75 Å². The molecule has 0 bridgehead atoms. The third kappa shape index (κ3) is 5.26. The largest absolute Gasteiger partial charge is 0.495 e. The van der Waals surface area contributed by atoms with Gasteiger partial charge in [-0.05, 0) is 30.2 Å². The van der Waals surface area contributed by atoms with Crippen molar-refractivity contribution in [1.29, 1.82) is 0 Å². The average molecular weight is 429 g/mol. The fraction of sp³-hybridized carbons (Fsp3) is 0.200. The zero-order valence-corrected chi connectivity index (χ0v) is 17.0. The Morgan fingerprint density at radius 2 is 1.97 bits per heavy atom. The summed E-state index contributed by atoms with van der Waals surface area (Å²) >= 11 is 6.05. The van der Waals surface area contributed by atoms with Gasteiger partial charge in [-0.1, -0.05) is 47.1 Å². The maximum atomic E-state index is 12.3. The number of nitrogen functional groups attached to an aromatic ring is 1. The van der Waals surface area contributed by atoms with Crippen LogP contribution in [0.5, 0.6) is 5.75 Å². The number of carbonyl (C=O) groups is 2. The fourth-order valence-corrected chi connectivity index (χ4v) is 2.99. The van der Waals surface area contributed by atoms with Gasteiger partial charge >= 0.3 is 0 Å². The highest BCUT2D eigenvalue weighted by Crippen LogP contribution is 2.27. The molecule has 10 heteroatoms. The molecule has 3 aromatic rings. The fourth-order valence-electron chi connectivity index (χ4n) is 2.73. The molecule has 0 aliphatic heterocycles. The number of amides is 2. The van der Waals surface area contributed by atoms with E-state index in [0.717, 1.165) is 10.2 Å². The summed E-state index contributed by atoms with van der Waals surface area (Å²) in [5.41, 5.74) is 7.52. The lowest BCUT2D eigenvalue weighted by atomic mass is 10.1. The van der Waals surface area contributed by atoms with Gasteiger partial charge in [-0.2, -0.15) is 0 Å². The number of ether oxygens (including phenoxy) is 1. The molecule has 4 N–H and O–H groups in total. The van der Waals surface area contributed by atoms with E-state index in [9.17, 15) is 9.59 Å². The minimum atomic E-state index is -0.447. The number of hydrogen-bond acceptors (Lipinski definition) is 6. The first-order valence-electron chi connectivity index (χ1n) is 9.12. The number of aromatic nitrogens is 3. The first-order chi connectivity index (χ1) is 14.5. The van der Waals surface area contributed by atoms with E-state index < -0.39 is 11.8 Å². The van der Waals surface area contributed by atoms with E-state index in [2.05, 4.69) is 20.9 Å². The van der Waals surface area contributed by atoms with Crippen LogP contribution in [0.4, 0.5) is 11.5 Å². The van der Waals surface area contributed by atoms with Crippen LogP contribution in [0.1, 0.15) is 16.1 Å². The quantitative estimate of drug-likeness (QED) is 0.505. The Kier molecular flexibility index (Phi) is 6.87. The molecule has 0 unspecified atom stereocenters. The lowest BCUT2D eigenvalue weighted by Gasteiger charge is -2.08. The van der Waals surface area contributed by atoms with Gasteiger partial charge in [0.2, 0.25) is 5.91 Å². The lowest BCUT2D eigenvalue weighted by Crippen LogP contribution is -2.27. The molecule has 2 aromatic carbocycles. The normalized spacial score (nSPS) is 10.5. The van der Waals surface area contributed by atoms with Crippen molar-refractivity contribution in [1.82, 2.24) is 20.3 Å². The van der Waals surface area contributed by atoms with Crippen molar-refractivity contribution in [2.75, 3.05) is 24.7 Å². The Balaban J connectivity index is 1.55. The highest BCUT2D eigenvalue weighted by Gasteiger charge is 2.18. The van der Waals surface area contributed by atoms with Gasteiger partial charge in [0.25, 0.3) is 5.91 Å². The van der Waals surface area contributed by atoms with E-state index in [4.69, 9.17) is 22.1 Å². The Labute approximate surface area is 178 Å². The van der Waals surface area contributed by atoms with Crippen molar-refractivity contribution in [2.24, 2.45) is 0 Å². The van der Waals surface area contributed by atoms with Crippen molar-refractivity contribution in [3.63, 3.8) is 0 Å². The second kappa shape index (κ2) is 9.75. The zero-order valence-electron chi connectivity index (χ0n) is 16.3. The number of anilines is 2. The smallest absolute Gasteiger partial charge is 0.275 e. The molecule has 0 spiro atoms. The average Bonchev–Trinajstić information content (AvgIpc) is 3.09. The van der Waals surface area contributed by atoms with Crippen molar-refractivity contribution < 1.29 is 14.3 Å². The molecule has 0 fully saturated rings. The standard InChI is InChI=1S/C20H21ClN6O3/c1-30-16-8-7-14(11-15(16)21)24-17(28)12-27-19(22)18(25-26-27)20(29)23-10-9-13-5-3-2-4-6-13/h2-8,11H,9-10,12,22H2,1H3,(H,23,29)(H,24,28). The van der Waals surface area contributed by atoms with Crippen LogP contribution in [0.25, 0.3) is 0 Å². The molecule has 1 aromatic heterocycles. The monoisotopic (exact) mass is 428 g/mol. The second-order valence-electron chi connectivity index (χ2n) is 6.37. The number of hydrogen-bond donors (Lipinski definition) is 3. The predicted octanol–water partition coefficient (Wildman–Crippen LogP) is 2.13. The molecule has 0 saturated heterocycles. The summed E-state index contributed by atoms with van der Waals surface area (Å²) in [5, 5.41) is 13.4. The summed E-state index contributed by atoms with van der Waals surface area (Å²) in [6.45, 7) is 0.216. The number of nitrogens with one attached hydrogen (secondary N) is 2. The van der Waals surface area contributed by atoms with Gasteiger partial charge in [0.05, 0.1) is 12.1 Å². The second-order valence-corrected chi connectivity index (χ2v) is 6.78. The van der Waals surface area contributed by atoms with Gasteiger partial charge < -0.3 is 21.1 Å². The van der Waals surface area contributed by atoms with Crippen molar-refractivity contribution in [3.05, 3.63) is 64.8 Å². The summed E-state index contributed by atoms with van der Waals surface area (Å²) in [7, 11) is 1.50. The zero-order chi connectivity index (χ0) is 21.5. The van der Waals surface area contributed by atoms with Crippen LogP contribution in [0.3, 0.4) is 0 Å². The van der Waals surface area contributed by atoms with Gasteiger partial charge in [-0.25, -0.2) is 4.68 Å². The third-order valence-electron chi connectivity index (χ3n) is 4.26. The van der Waals surface area contributed by atoms with E-state index in [0.29, 0.717) is 29.4 Å². The Hall–Kier alpha value is -3.59. The summed E-state index contributed by atoms with van der Waals surface area (Å²) in [6.07, 6.45) is 0.674. The molecule has 0 aliphatic rings. The Morgan fingerprint density at radius 1 is 1.20 bits per heavy atom. The van der Waals surface area contributed by atoms with Crippen LogP contribution >= 0.6 is 11.6 Å². The van der Waals surface area contributed by atoms with Gasteiger partial charge in [0.15, 0.2) is 11.5 Å². The van der Waals surface area contributed by atoms with Crippen LogP contribution < -0.4 is 21.1 Å². The van der Waals surface area contributed by atoms with Gasteiger partial charge in [0, 0.05) is 12.2 Å². The molecular formula is C20H21ClN6O3. The number of carbonyl (C=O) groups excluding carboxylic acids is 2. The summed E-state index contributed by atoms with van der Waals surface area (Å²) in [6, 6.07) is 14.6. The van der Waals surface area contributed by atoms with Gasteiger partial charge in [-0.15, -0.1) is 5.10 Å². The van der Waals surface area contributed by atoms with Crippen molar-refractivity contribution in [2.45, 2.75) is 13.0 Å². The van der Waals surface area contributed by atoms with Crippen LogP contribution in [0.2, 0.25) is 5.02 Å². The summed E-state index contributed by atoms with van der Waals surface area (Å²) < 4.78 is 6.23. The minimum Gasteiger partial charge on any atom is -0.495 e. The number of rotatable bonds is 8. The van der Waals surface area contributed by atoms with E-state index in [-0.39, 0.29) is 18.1 Å². The molecule has 30 heavy (non-hydrogen) atoms. The van der Waals surface area contributed by atoms with E-state index in [1.807, 2.05) is 30.3 Å². The maximum Gasteiger partial charge on any atom is 0.275 e. The number of halogens is 1. The molecule has 0 saturated carbocycles. The molecule has 1 heterocycles. The molecule has 3 rings (SSSR count). The predicted molar refractivity (Wildman–Crippen MR) is 114 cm³/mol. The molecule has 9 nitrogen and oxygen atoms in total. The highest BCUT2D eigenvalue weighted by molar-refractivity contribution is 6.32. The SMILES string of the molecule is COc1ccc(NC(=O)Cn2nnc(C(=O)NCCc3ccccc3)c2N)cc1Cl. The van der Waals surface area contributed by atoms with E-state index in [1.165, 1.54) is 7.11 Å². The first kappa shape index (κ1) is 21.1. The highest BCUT2D eigenvalue weighted by atomic mass is 35.5.